The molecular weight excluding hydrogens is 665 g/mol. The lowest BCUT2D eigenvalue weighted by atomic mass is 9.79. The first-order chi connectivity index (χ1) is 26.8. The highest BCUT2D eigenvalue weighted by Gasteiger charge is 2.40. The Morgan fingerprint density at radius 2 is 0.909 bits per heavy atom. The van der Waals surface area contributed by atoms with Crippen LogP contribution in [0.3, 0.4) is 0 Å². The van der Waals surface area contributed by atoms with Crippen LogP contribution in [0.5, 0.6) is 0 Å². The topological polar surface area (TPSA) is 13.1 Å². The van der Waals surface area contributed by atoms with Crippen LogP contribution in [0, 0.1) is 0 Å². The normalized spacial score (nSPS) is 14.8. The number of hydrogen-bond donors (Lipinski definition) is 0. The van der Waals surface area contributed by atoms with Crippen molar-refractivity contribution in [3.63, 3.8) is 0 Å². The predicted octanol–water partition coefficient (Wildman–Crippen LogP) is 15.0. The van der Waals surface area contributed by atoms with Gasteiger partial charge in [-0.05, 0) is 106 Å². The maximum absolute atomic E-state index is 7.17. The van der Waals surface area contributed by atoms with Crippen LogP contribution in [0.4, 0.5) is 0 Å². The van der Waals surface area contributed by atoms with Crippen molar-refractivity contribution >= 4 is 54.3 Å². The van der Waals surface area contributed by atoms with Crippen LogP contribution >= 0.6 is 0 Å². The summed E-state index contributed by atoms with van der Waals surface area (Å²) in [6.45, 7) is 9.49. The van der Waals surface area contributed by atoms with E-state index in [4.69, 9.17) is 4.42 Å². The molecule has 0 saturated carbocycles. The fourth-order valence-electron chi connectivity index (χ4n) is 10.7. The van der Waals surface area contributed by atoms with Crippen molar-refractivity contribution in [1.82, 2.24) is 0 Å². The maximum atomic E-state index is 7.17. The Bertz CT molecular complexity index is 3260. The summed E-state index contributed by atoms with van der Waals surface area (Å²) in [6, 6.07) is 58.8. The Morgan fingerprint density at radius 1 is 0.364 bits per heavy atom. The number of furan rings is 1. The van der Waals surface area contributed by atoms with E-state index in [1.54, 1.807) is 0 Å². The minimum absolute atomic E-state index is 0.0422. The molecule has 12 rings (SSSR count). The molecule has 1 aromatic heterocycles. The third-order valence-electron chi connectivity index (χ3n) is 13.2. The minimum Gasteiger partial charge on any atom is -0.455 e. The monoisotopic (exact) mass is 702 g/mol. The zero-order chi connectivity index (χ0) is 36.8. The first kappa shape index (κ1) is 31.0. The van der Waals surface area contributed by atoms with Crippen molar-refractivity contribution in [2.45, 2.75) is 38.5 Å². The van der Waals surface area contributed by atoms with E-state index in [1.807, 2.05) is 0 Å². The van der Waals surface area contributed by atoms with Gasteiger partial charge in [-0.1, -0.05) is 167 Å². The average Bonchev–Trinajstić information content (AvgIpc) is 3.79. The van der Waals surface area contributed by atoms with Crippen molar-refractivity contribution in [1.29, 1.82) is 0 Å². The smallest absolute Gasteiger partial charge is 0.143 e. The Hall–Kier alpha value is -6.44. The van der Waals surface area contributed by atoms with Gasteiger partial charge in [-0.15, -0.1) is 0 Å². The summed E-state index contributed by atoms with van der Waals surface area (Å²) < 4.78 is 7.17. The van der Waals surface area contributed by atoms with Crippen LogP contribution in [0.2, 0.25) is 0 Å². The standard InChI is InChI=1S/C54H38O/c1-53(2)42-23-13-11-17-34(42)40-29-32(25-27-44(40)53)47-35-18-7-9-20-37(35)49(38-21-10-8-19-36(38)47)51-50-39-22-12-14-24-43(39)54(3,4)45(50)30-41-48-33-16-6-5-15-31(33)26-28-46(48)55-52(41)51/h5-30H,1-4H3. The number of fused-ring (bicyclic) bond motifs is 13. The van der Waals surface area contributed by atoms with E-state index >= 15 is 0 Å². The first-order valence-corrected chi connectivity index (χ1v) is 19.5. The molecule has 0 amide bonds. The van der Waals surface area contributed by atoms with Crippen LogP contribution in [-0.4, -0.2) is 0 Å². The summed E-state index contributed by atoms with van der Waals surface area (Å²) in [5.41, 5.74) is 17.4. The largest absolute Gasteiger partial charge is 0.455 e. The second kappa shape index (κ2) is 10.6. The molecule has 1 heteroatoms. The molecule has 2 aliphatic carbocycles. The van der Waals surface area contributed by atoms with Gasteiger partial charge < -0.3 is 4.42 Å². The lowest BCUT2D eigenvalue weighted by Gasteiger charge is -2.23. The fraction of sp³-hybridized carbons (Fsp3) is 0.111. The molecule has 9 aromatic carbocycles. The van der Waals surface area contributed by atoms with E-state index in [0.29, 0.717) is 0 Å². The van der Waals surface area contributed by atoms with Crippen molar-refractivity contribution in [3.05, 3.63) is 180 Å². The summed E-state index contributed by atoms with van der Waals surface area (Å²) in [5, 5.41) is 9.79. The molecule has 55 heavy (non-hydrogen) atoms. The van der Waals surface area contributed by atoms with Crippen molar-refractivity contribution in [3.8, 4) is 44.5 Å². The highest BCUT2D eigenvalue weighted by atomic mass is 16.3. The van der Waals surface area contributed by atoms with Crippen LogP contribution in [0.25, 0.3) is 98.8 Å². The van der Waals surface area contributed by atoms with Gasteiger partial charge in [0.25, 0.3) is 0 Å². The second-order valence-electron chi connectivity index (χ2n) is 16.8. The van der Waals surface area contributed by atoms with Crippen molar-refractivity contribution < 1.29 is 4.42 Å². The molecular formula is C54H38O. The molecule has 1 nitrogen and oxygen atoms in total. The molecule has 0 atom stereocenters. The zero-order valence-electron chi connectivity index (χ0n) is 31.4. The van der Waals surface area contributed by atoms with Crippen molar-refractivity contribution in [2.24, 2.45) is 0 Å². The van der Waals surface area contributed by atoms with Gasteiger partial charge in [0.15, 0.2) is 0 Å². The summed E-state index contributed by atoms with van der Waals surface area (Å²) in [5.74, 6) is 0. The van der Waals surface area contributed by atoms with Gasteiger partial charge in [-0.3, -0.25) is 0 Å². The van der Waals surface area contributed by atoms with E-state index in [2.05, 4.69) is 185 Å². The fourth-order valence-corrected chi connectivity index (χ4v) is 10.7. The number of benzene rings is 9. The molecule has 1 heterocycles. The Balaban J connectivity index is 1.25. The first-order valence-electron chi connectivity index (χ1n) is 19.5. The Kier molecular flexibility index (Phi) is 5.98. The van der Waals surface area contributed by atoms with Gasteiger partial charge in [0, 0.05) is 32.7 Å². The third kappa shape index (κ3) is 3.93. The van der Waals surface area contributed by atoms with Gasteiger partial charge in [0.2, 0.25) is 0 Å². The summed E-state index contributed by atoms with van der Waals surface area (Å²) in [4.78, 5) is 0. The Morgan fingerprint density at radius 3 is 1.62 bits per heavy atom. The van der Waals surface area contributed by atoms with Gasteiger partial charge in [0.1, 0.15) is 11.2 Å². The zero-order valence-corrected chi connectivity index (χ0v) is 31.4. The summed E-state index contributed by atoms with van der Waals surface area (Å²) >= 11 is 0. The molecule has 0 unspecified atom stereocenters. The summed E-state index contributed by atoms with van der Waals surface area (Å²) in [6.07, 6.45) is 0. The van der Waals surface area contributed by atoms with Crippen LogP contribution in [0.15, 0.2) is 162 Å². The van der Waals surface area contributed by atoms with Crippen molar-refractivity contribution in [2.75, 3.05) is 0 Å². The molecule has 0 N–H and O–H groups in total. The minimum atomic E-state index is -0.191. The van der Waals surface area contributed by atoms with E-state index < -0.39 is 0 Å². The lowest BCUT2D eigenvalue weighted by Crippen LogP contribution is -2.14. The van der Waals surface area contributed by atoms with Gasteiger partial charge in [-0.2, -0.15) is 0 Å². The lowest BCUT2D eigenvalue weighted by molar-refractivity contribution is 0.658. The third-order valence-corrected chi connectivity index (χ3v) is 13.2. The molecule has 0 fully saturated rings. The molecule has 10 aromatic rings. The SMILES string of the molecule is CC1(C)c2ccccc2-c2cc(-c3c4ccccc4c(-c4c5c(cc6c4oc4ccc7ccccc7c46)C(C)(C)c4ccccc4-5)c4ccccc34)ccc21. The number of rotatable bonds is 2. The quantitative estimate of drug-likeness (QED) is 0.163. The van der Waals surface area contributed by atoms with E-state index in [9.17, 15) is 0 Å². The molecule has 0 radical (unpaired) electrons. The molecule has 0 saturated heterocycles. The van der Waals surface area contributed by atoms with Gasteiger partial charge >= 0.3 is 0 Å². The average molecular weight is 703 g/mol. The highest BCUT2D eigenvalue weighted by molar-refractivity contribution is 6.29. The maximum Gasteiger partial charge on any atom is 0.143 e. The van der Waals surface area contributed by atoms with Gasteiger partial charge in [-0.25, -0.2) is 0 Å². The highest BCUT2D eigenvalue weighted by Crippen LogP contribution is 2.58. The molecule has 0 aliphatic heterocycles. The molecule has 0 bridgehead atoms. The van der Waals surface area contributed by atoms with Crippen LogP contribution < -0.4 is 0 Å². The van der Waals surface area contributed by atoms with Crippen LogP contribution in [0.1, 0.15) is 49.9 Å². The Labute approximate surface area is 320 Å². The van der Waals surface area contributed by atoms with E-state index in [0.717, 1.165) is 11.2 Å². The predicted molar refractivity (Wildman–Crippen MR) is 232 cm³/mol. The second-order valence-corrected chi connectivity index (χ2v) is 16.8. The molecule has 260 valence electrons. The van der Waals surface area contributed by atoms with Crippen LogP contribution in [-0.2, 0) is 10.8 Å². The summed E-state index contributed by atoms with van der Waals surface area (Å²) in [7, 11) is 0. The molecule has 2 aliphatic rings. The van der Waals surface area contributed by atoms with Gasteiger partial charge in [0.05, 0.1) is 0 Å². The van der Waals surface area contributed by atoms with E-state index in [1.165, 1.54) is 110 Å². The number of hydrogen-bond acceptors (Lipinski definition) is 1. The molecule has 0 spiro atoms. The van der Waals surface area contributed by atoms with E-state index in [-0.39, 0.29) is 10.8 Å².